The highest BCUT2D eigenvalue weighted by atomic mass is 16.5. The standard InChI is InChI=1S/C11H15NO2/c1-14-9-5-6-10-8(7-9)3-2-4-11(10)12-13/h5-6,8,13H,2-4,7H2,1H3. The van der Waals surface area contributed by atoms with Gasteiger partial charge in [-0.1, -0.05) is 11.2 Å². The van der Waals surface area contributed by atoms with Gasteiger partial charge in [0.25, 0.3) is 0 Å². The molecular formula is C11H15NO2. The summed E-state index contributed by atoms with van der Waals surface area (Å²) in [5, 5.41) is 12.2. The molecule has 76 valence electrons. The van der Waals surface area contributed by atoms with E-state index in [0.29, 0.717) is 5.92 Å². The topological polar surface area (TPSA) is 41.8 Å². The Morgan fingerprint density at radius 1 is 1.50 bits per heavy atom. The highest BCUT2D eigenvalue weighted by Gasteiger charge is 2.27. The van der Waals surface area contributed by atoms with Gasteiger partial charge >= 0.3 is 0 Å². The van der Waals surface area contributed by atoms with Gasteiger partial charge in [0.2, 0.25) is 0 Å². The second-order valence-corrected chi connectivity index (χ2v) is 3.80. The van der Waals surface area contributed by atoms with Gasteiger partial charge < -0.3 is 9.94 Å². The Kier molecular flexibility index (Phi) is 2.57. The normalized spacial score (nSPS) is 29.2. The highest BCUT2D eigenvalue weighted by molar-refractivity contribution is 6.01. The number of oxime groups is 1. The summed E-state index contributed by atoms with van der Waals surface area (Å²) >= 11 is 0. The highest BCUT2D eigenvalue weighted by Crippen LogP contribution is 2.35. The summed E-state index contributed by atoms with van der Waals surface area (Å²) in [4.78, 5) is 0. The minimum absolute atomic E-state index is 0.495. The Hall–Kier alpha value is -1.25. The fraction of sp³-hybridized carbons (Fsp3) is 0.545. The minimum atomic E-state index is 0.495. The van der Waals surface area contributed by atoms with E-state index in [1.54, 1.807) is 7.11 Å². The number of methoxy groups -OCH3 is 1. The molecule has 1 fully saturated rings. The Labute approximate surface area is 83.8 Å². The van der Waals surface area contributed by atoms with Crippen molar-refractivity contribution in [2.45, 2.75) is 25.7 Å². The first kappa shape index (κ1) is 9.31. The van der Waals surface area contributed by atoms with Crippen molar-refractivity contribution < 1.29 is 9.94 Å². The number of allylic oxidation sites excluding steroid dienone is 4. The molecule has 14 heavy (non-hydrogen) atoms. The van der Waals surface area contributed by atoms with E-state index in [-0.39, 0.29) is 0 Å². The van der Waals surface area contributed by atoms with Gasteiger partial charge in [0.05, 0.1) is 18.6 Å². The summed E-state index contributed by atoms with van der Waals surface area (Å²) in [6, 6.07) is 0. The van der Waals surface area contributed by atoms with Crippen molar-refractivity contribution in [1.82, 2.24) is 0 Å². The van der Waals surface area contributed by atoms with Crippen molar-refractivity contribution in [2.24, 2.45) is 11.1 Å². The fourth-order valence-electron chi connectivity index (χ4n) is 2.25. The largest absolute Gasteiger partial charge is 0.501 e. The molecule has 0 spiro atoms. The molecule has 0 aromatic rings. The first-order valence-electron chi connectivity index (χ1n) is 5.01. The van der Waals surface area contributed by atoms with Gasteiger partial charge in [0, 0.05) is 6.42 Å². The van der Waals surface area contributed by atoms with Gasteiger partial charge in [-0.15, -0.1) is 0 Å². The monoisotopic (exact) mass is 193 g/mol. The maximum absolute atomic E-state index is 8.85. The van der Waals surface area contributed by atoms with Crippen molar-refractivity contribution in [1.29, 1.82) is 0 Å². The van der Waals surface area contributed by atoms with E-state index in [1.165, 1.54) is 12.0 Å². The lowest BCUT2D eigenvalue weighted by molar-refractivity contribution is 0.258. The molecule has 2 aliphatic rings. The Bertz CT molecular complexity index is 315. The summed E-state index contributed by atoms with van der Waals surface area (Å²) < 4.78 is 5.22. The molecule has 0 radical (unpaired) electrons. The third-order valence-corrected chi connectivity index (χ3v) is 3.02. The van der Waals surface area contributed by atoms with Crippen LogP contribution in [0, 0.1) is 5.92 Å². The van der Waals surface area contributed by atoms with Crippen molar-refractivity contribution in [2.75, 3.05) is 7.11 Å². The Morgan fingerprint density at radius 3 is 3.07 bits per heavy atom. The van der Waals surface area contributed by atoms with Crippen molar-refractivity contribution in [3.05, 3.63) is 23.5 Å². The fourth-order valence-corrected chi connectivity index (χ4v) is 2.25. The molecule has 0 aliphatic heterocycles. The molecule has 2 rings (SSSR count). The van der Waals surface area contributed by atoms with Crippen LogP contribution >= 0.6 is 0 Å². The van der Waals surface area contributed by atoms with Crippen molar-refractivity contribution in [3.63, 3.8) is 0 Å². The molecule has 3 heteroatoms. The average Bonchev–Trinajstić information content (AvgIpc) is 2.27. The predicted molar refractivity (Wildman–Crippen MR) is 54.4 cm³/mol. The van der Waals surface area contributed by atoms with E-state index < -0.39 is 0 Å². The van der Waals surface area contributed by atoms with Crippen LogP contribution in [0.15, 0.2) is 28.6 Å². The third-order valence-electron chi connectivity index (χ3n) is 3.02. The van der Waals surface area contributed by atoms with E-state index >= 15 is 0 Å². The summed E-state index contributed by atoms with van der Waals surface area (Å²) in [5.41, 5.74) is 2.05. The number of fused-ring (bicyclic) bond motifs is 1. The minimum Gasteiger partial charge on any atom is -0.501 e. The molecule has 1 N–H and O–H groups in total. The first-order chi connectivity index (χ1) is 6.85. The molecule has 0 aromatic heterocycles. The predicted octanol–water partition coefficient (Wildman–Crippen LogP) is 2.48. The maximum atomic E-state index is 8.85. The third kappa shape index (κ3) is 1.54. The van der Waals surface area contributed by atoms with Crippen molar-refractivity contribution in [3.8, 4) is 0 Å². The number of nitrogens with zero attached hydrogens (tertiary/aromatic N) is 1. The molecule has 1 saturated carbocycles. The zero-order chi connectivity index (χ0) is 9.97. The molecule has 0 amide bonds. The summed E-state index contributed by atoms with van der Waals surface area (Å²) in [6.45, 7) is 0. The van der Waals surface area contributed by atoms with Crippen LogP contribution in [0.5, 0.6) is 0 Å². The first-order valence-corrected chi connectivity index (χ1v) is 5.01. The lowest BCUT2D eigenvalue weighted by Crippen LogP contribution is -2.22. The number of hydrogen-bond donors (Lipinski definition) is 1. The summed E-state index contributed by atoms with van der Waals surface area (Å²) in [6.07, 6.45) is 8.13. The van der Waals surface area contributed by atoms with Crippen LogP contribution in [0.25, 0.3) is 0 Å². The molecule has 0 saturated heterocycles. The number of ether oxygens (including phenoxy) is 1. The van der Waals surface area contributed by atoms with Crippen LogP contribution in [0.1, 0.15) is 25.7 Å². The Balaban J connectivity index is 2.26. The van der Waals surface area contributed by atoms with Gasteiger partial charge in [0.1, 0.15) is 0 Å². The lowest BCUT2D eigenvalue weighted by Gasteiger charge is -2.28. The van der Waals surface area contributed by atoms with Crippen LogP contribution in [0.4, 0.5) is 0 Å². The molecule has 0 aromatic carbocycles. The zero-order valence-corrected chi connectivity index (χ0v) is 8.36. The number of hydrogen-bond acceptors (Lipinski definition) is 3. The molecule has 3 nitrogen and oxygen atoms in total. The van der Waals surface area contributed by atoms with Crippen LogP contribution in [0.2, 0.25) is 0 Å². The SMILES string of the molecule is COC1=CC=C2C(=NO)CCCC2C1. The number of rotatable bonds is 1. The molecule has 0 bridgehead atoms. The molecular weight excluding hydrogens is 178 g/mol. The van der Waals surface area contributed by atoms with Crippen LogP contribution in [-0.2, 0) is 4.74 Å². The van der Waals surface area contributed by atoms with Gasteiger partial charge in [-0.2, -0.15) is 0 Å². The molecule has 1 unspecified atom stereocenters. The van der Waals surface area contributed by atoms with E-state index in [2.05, 4.69) is 5.16 Å². The summed E-state index contributed by atoms with van der Waals surface area (Å²) in [5.74, 6) is 1.52. The van der Waals surface area contributed by atoms with Crippen LogP contribution in [-0.4, -0.2) is 18.0 Å². The van der Waals surface area contributed by atoms with Crippen LogP contribution in [0.3, 0.4) is 0 Å². The van der Waals surface area contributed by atoms with Crippen molar-refractivity contribution >= 4 is 5.71 Å². The van der Waals surface area contributed by atoms with Gasteiger partial charge in [-0.3, -0.25) is 0 Å². The average molecular weight is 193 g/mol. The Morgan fingerprint density at radius 2 is 2.36 bits per heavy atom. The van der Waals surface area contributed by atoms with Crippen LogP contribution < -0.4 is 0 Å². The lowest BCUT2D eigenvalue weighted by atomic mass is 9.78. The van der Waals surface area contributed by atoms with E-state index in [0.717, 1.165) is 30.7 Å². The molecule has 0 heterocycles. The maximum Gasteiger partial charge on any atom is 0.0961 e. The van der Waals surface area contributed by atoms with Gasteiger partial charge in [-0.25, -0.2) is 0 Å². The zero-order valence-electron chi connectivity index (χ0n) is 8.36. The second kappa shape index (κ2) is 3.86. The van der Waals surface area contributed by atoms with Gasteiger partial charge in [0.15, 0.2) is 0 Å². The quantitative estimate of drug-likeness (QED) is 0.513. The van der Waals surface area contributed by atoms with E-state index in [4.69, 9.17) is 9.94 Å². The summed E-state index contributed by atoms with van der Waals surface area (Å²) in [7, 11) is 1.70. The smallest absolute Gasteiger partial charge is 0.0961 e. The second-order valence-electron chi connectivity index (χ2n) is 3.80. The molecule has 1 atom stereocenters. The van der Waals surface area contributed by atoms with Gasteiger partial charge in [-0.05, 0) is 36.8 Å². The van der Waals surface area contributed by atoms with E-state index in [1.807, 2.05) is 12.2 Å². The van der Waals surface area contributed by atoms with E-state index in [9.17, 15) is 0 Å². The molecule has 2 aliphatic carbocycles.